The average Bonchev–Trinajstić information content (AvgIpc) is 2.91. The van der Waals surface area contributed by atoms with Crippen LogP contribution in [0.1, 0.15) is 37.3 Å². The largest absolute Gasteiger partial charge is 0.328 e. The number of carbonyl (C=O) groups excluding carboxylic acids is 1. The van der Waals surface area contributed by atoms with Crippen molar-refractivity contribution in [2.24, 2.45) is 13.0 Å². The monoisotopic (exact) mass is 299 g/mol. The maximum atomic E-state index is 12.5. The van der Waals surface area contributed by atoms with E-state index in [0.29, 0.717) is 5.92 Å². The zero-order valence-electron chi connectivity index (χ0n) is 13.1. The summed E-state index contributed by atoms with van der Waals surface area (Å²) in [6.45, 7) is 4.87. The number of amides is 2. The Bertz CT molecular complexity index is 654. The van der Waals surface area contributed by atoms with Gasteiger partial charge < -0.3 is 14.8 Å². The first kappa shape index (κ1) is 14.6. The van der Waals surface area contributed by atoms with Crippen LogP contribution in [0.2, 0.25) is 0 Å². The van der Waals surface area contributed by atoms with Crippen molar-refractivity contribution in [3.8, 4) is 0 Å². The molecule has 1 aliphatic heterocycles. The van der Waals surface area contributed by atoms with Crippen molar-refractivity contribution in [1.29, 1.82) is 0 Å². The Morgan fingerprint density at radius 3 is 2.68 bits per heavy atom. The molecular formula is C16H21N5O. The minimum atomic E-state index is -0.174. The second-order valence-corrected chi connectivity index (χ2v) is 5.96. The predicted octanol–water partition coefficient (Wildman–Crippen LogP) is 2.28. The maximum Gasteiger partial charge on any atom is 0.318 e. The van der Waals surface area contributed by atoms with Crippen LogP contribution in [0, 0.1) is 5.92 Å². The van der Waals surface area contributed by atoms with Gasteiger partial charge in [0.2, 0.25) is 0 Å². The van der Waals surface area contributed by atoms with Gasteiger partial charge in [0.25, 0.3) is 0 Å². The number of hydrogen-bond donors (Lipinski definition) is 1. The van der Waals surface area contributed by atoms with Crippen LogP contribution in [0.4, 0.5) is 4.79 Å². The Morgan fingerprint density at radius 2 is 2.09 bits per heavy atom. The van der Waals surface area contributed by atoms with Crippen LogP contribution in [-0.4, -0.2) is 32.2 Å². The van der Waals surface area contributed by atoms with Crippen LogP contribution in [0.5, 0.6) is 0 Å². The van der Waals surface area contributed by atoms with Crippen molar-refractivity contribution in [3.63, 3.8) is 0 Å². The second-order valence-electron chi connectivity index (χ2n) is 5.96. The van der Waals surface area contributed by atoms with E-state index in [0.717, 1.165) is 12.4 Å². The minimum absolute atomic E-state index is 0.0533. The van der Waals surface area contributed by atoms with E-state index < -0.39 is 0 Å². The molecule has 0 radical (unpaired) electrons. The molecule has 1 fully saturated rings. The SMILES string of the molecule is C[C@H](NC(=O)N1C[C@@H](C)[C@@H]1c1ccccc1)c1nncn1C. The summed E-state index contributed by atoms with van der Waals surface area (Å²) in [6.07, 6.45) is 1.64. The number of nitrogens with one attached hydrogen (secondary N) is 1. The van der Waals surface area contributed by atoms with Gasteiger partial charge in [-0.1, -0.05) is 37.3 Å². The maximum absolute atomic E-state index is 12.5. The van der Waals surface area contributed by atoms with Gasteiger partial charge in [0.1, 0.15) is 6.33 Å². The molecule has 3 atom stereocenters. The summed E-state index contributed by atoms with van der Waals surface area (Å²) in [4.78, 5) is 14.4. The molecule has 1 aromatic heterocycles. The molecule has 1 N–H and O–H groups in total. The van der Waals surface area contributed by atoms with E-state index in [9.17, 15) is 4.79 Å². The lowest BCUT2D eigenvalue weighted by Gasteiger charge is -2.47. The highest BCUT2D eigenvalue weighted by Crippen LogP contribution is 2.38. The third-order valence-corrected chi connectivity index (χ3v) is 4.24. The molecule has 0 saturated carbocycles. The molecule has 1 saturated heterocycles. The number of carbonyl (C=O) groups is 1. The fourth-order valence-electron chi connectivity index (χ4n) is 3.08. The quantitative estimate of drug-likeness (QED) is 0.945. The van der Waals surface area contributed by atoms with Gasteiger partial charge in [0.15, 0.2) is 5.82 Å². The summed E-state index contributed by atoms with van der Waals surface area (Å²) < 4.78 is 1.82. The topological polar surface area (TPSA) is 63.1 Å². The lowest BCUT2D eigenvalue weighted by Crippen LogP contribution is -2.55. The molecule has 0 unspecified atom stereocenters. The average molecular weight is 299 g/mol. The van der Waals surface area contributed by atoms with E-state index in [1.807, 2.05) is 41.6 Å². The van der Waals surface area contributed by atoms with Crippen molar-refractivity contribution < 1.29 is 4.79 Å². The van der Waals surface area contributed by atoms with E-state index in [1.54, 1.807) is 6.33 Å². The first-order valence-corrected chi connectivity index (χ1v) is 7.54. The lowest BCUT2D eigenvalue weighted by atomic mass is 9.85. The van der Waals surface area contributed by atoms with Crippen LogP contribution >= 0.6 is 0 Å². The summed E-state index contributed by atoms with van der Waals surface area (Å²) in [5.41, 5.74) is 1.18. The second kappa shape index (κ2) is 5.79. The molecule has 2 amide bonds. The van der Waals surface area contributed by atoms with E-state index in [2.05, 4.69) is 34.6 Å². The third-order valence-electron chi connectivity index (χ3n) is 4.24. The van der Waals surface area contributed by atoms with E-state index in [1.165, 1.54) is 5.56 Å². The first-order chi connectivity index (χ1) is 10.6. The Morgan fingerprint density at radius 1 is 1.36 bits per heavy atom. The highest BCUT2D eigenvalue weighted by molar-refractivity contribution is 5.76. The number of aryl methyl sites for hydroxylation is 1. The summed E-state index contributed by atoms with van der Waals surface area (Å²) >= 11 is 0. The van der Waals surface area contributed by atoms with Crippen LogP contribution in [0.15, 0.2) is 36.7 Å². The van der Waals surface area contributed by atoms with Crippen LogP contribution in [0.25, 0.3) is 0 Å². The van der Waals surface area contributed by atoms with Gasteiger partial charge in [-0.3, -0.25) is 0 Å². The van der Waals surface area contributed by atoms with Gasteiger partial charge in [-0.05, 0) is 18.4 Å². The fraction of sp³-hybridized carbons (Fsp3) is 0.438. The van der Waals surface area contributed by atoms with Gasteiger partial charge in [0.05, 0.1) is 12.1 Å². The predicted molar refractivity (Wildman–Crippen MR) is 83.0 cm³/mol. The van der Waals surface area contributed by atoms with Crippen LogP contribution < -0.4 is 5.32 Å². The summed E-state index contributed by atoms with van der Waals surface area (Å²) in [7, 11) is 1.87. The molecule has 116 valence electrons. The number of likely N-dealkylation sites (tertiary alicyclic amines) is 1. The van der Waals surface area contributed by atoms with Crippen LogP contribution in [-0.2, 0) is 7.05 Å². The zero-order valence-corrected chi connectivity index (χ0v) is 13.1. The smallest absolute Gasteiger partial charge is 0.318 e. The first-order valence-electron chi connectivity index (χ1n) is 7.54. The lowest BCUT2D eigenvalue weighted by molar-refractivity contribution is 0.0577. The molecular weight excluding hydrogens is 278 g/mol. The molecule has 22 heavy (non-hydrogen) atoms. The molecule has 0 bridgehead atoms. The normalized spacial score (nSPS) is 22.0. The molecule has 6 nitrogen and oxygen atoms in total. The number of benzene rings is 1. The Kier molecular flexibility index (Phi) is 3.83. The number of urea groups is 1. The van der Waals surface area contributed by atoms with E-state index >= 15 is 0 Å². The molecule has 0 aliphatic carbocycles. The van der Waals surface area contributed by atoms with Gasteiger partial charge in [-0.15, -0.1) is 10.2 Å². The molecule has 1 aromatic carbocycles. The van der Waals surface area contributed by atoms with Gasteiger partial charge >= 0.3 is 6.03 Å². The summed E-state index contributed by atoms with van der Waals surface area (Å²) in [5, 5.41) is 10.9. The standard InChI is InChI=1S/C16H21N5O/c1-11-9-21(14(11)13-7-5-4-6-8-13)16(22)18-12(2)15-19-17-10-20(15)3/h4-8,10-12,14H,9H2,1-3H3,(H,18,22)/t11-,12+,14-/m1/s1. The number of hydrogen-bond acceptors (Lipinski definition) is 3. The van der Waals surface area contributed by atoms with Gasteiger partial charge in [-0.25, -0.2) is 4.79 Å². The molecule has 2 heterocycles. The Hall–Kier alpha value is -2.37. The Labute approximate surface area is 130 Å². The molecule has 3 rings (SSSR count). The fourth-order valence-corrected chi connectivity index (χ4v) is 3.08. The number of nitrogens with zero attached hydrogens (tertiary/aromatic N) is 4. The van der Waals surface area contributed by atoms with Crippen molar-refractivity contribution in [3.05, 3.63) is 48.0 Å². The molecule has 6 heteroatoms. The van der Waals surface area contributed by atoms with Crippen molar-refractivity contribution in [1.82, 2.24) is 25.0 Å². The van der Waals surface area contributed by atoms with Crippen LogP contribution in [0.3, 0.4) is 0 Å². The molecule has 1 aliphatic rings. The summed E-state index contributed by atoms with van der Waals surface area (Å²) in [5.74, 6) is 1.22. The summed E-state index contributed by atoms with van der Waals surface area (Å²) in [6, 6.07) is 10.1. The Balaban J connectivity index is 1.69. The van der Waals surface area contributed by atoms with Gasteiger partial charge in [0, 0.05) is 13.6 Å². The highest BCUT2D eigenvalue weighted by Gasteiger charge is 2.40. The third kappa shape index (κ3) is 2.56. The molecule has 0 spiro atoms. The van der Waals surface area contributed by atoms with Gasteiger partial charge in [-0.2, -0.15) is 0 Å². The zero-order chi connectivity index (χ0) is 15.7. The number of rotatable bonds is 3. The van der Waals surface area contributed by atoms with E-state index in [-0.39, 0.29) is 18.1 Å². The van der Waals surface area contributed by atoms with Crippen molar-refractivity contribution in [2.75, 3.05) is 6.54 Å². The number of aromatic nitrogens is 3. The van der Waals surface area contributed by atoms with E-state index in [4.69, 9.17) is 0 Å². The minimum Gasteiger partial charge on any atom is -0.328 e. The van der Waals surface area contributed by atoms with Crippen molar-refractivity contribution in [2.45, 2.75) is 25.9 Å². The molecule has 2 aromatic rings. The highest BCUT2D eigenvalue weighted by atomic mass is 16.2. The van der Waals surface area contributed by atoms with Crippen molar-refractivity contribution >= 4 is 6.03 Å².